The van der Waals surface area contributed by atoms with Crippen molar-refractivity contribution in [1.82, 2.24) is 0 Å². The molecule has 0 aliphatic heterocycles. The van der Waals surface area contributed by atoms with Gasteiger partial charge in [0, 0.05) is 0 Å². The van der Waals surface area contributed by atoms with Crippen molar-refractivity contribution < 1.29 is 9.47 Å². The molecule has 0 atom stereocenters. The normalized spacial score (nSPS) is 10.7. The summed E-state index contributed by atoms with van der Waals surface area (Å²) < 4.78 is 10.8. The summed E-state index contributed by atoms with van der Waals surface area (Å²) in [6, 6.07) is 16.2. The van der Waals surface area contributed by atoms with Gasteiger partial charge in [0.25, 0.3) is 0 Å². The summed E-state index contributed by atoms with van der Waals surface area (Å²) in [5.41, 5.74) is 8.37. The number of benzene rings is 2. The van der Waals surface area contributed by atoms with Crippen molar-refractivity contribution >= 4 is 0 Å². The van der Waals surface area contributed by atoms with Crippen LogP contribution in [0.4, 0.5) is 0 Å². The Balaban J connectivity index is 2.13. The smallest absolute Gasteiger partial charge is 0.122 e. The van der Waals surface area contributed by atoms with Gasteiger partial charge in [0.2, 0.25) is 0 Å². The molecule has 0 aliphatic rings. The molecule has 0 spiro atoms. The minimum absolute atomic E-state index is 0.359. The first-order valence-electron chi connectivity index (χ1n) is 7.22. The fraction of sp³-hybridized carbons (Fsp3) is 0.333. The first-order valence-corrected chi connectivity index (χ1v) is 7.22. The van der Waals surface area contributed by atoms with Crippen LogP contribution >= 0.6 is 0 Å². The van der Waals surface area contributed by atoms with Crippen LogP contribution in [0.15, 0.2) is 48.5 Å². The number of hydrogen-bond donors (Lipinski definition) is 1. The van der Waals surface area contributed by atoms with Gasteiger partial charge in [-0.05, 0) is 48.6 Å². The van der Waals surface area contributed by atoms with E-state index in [1.54, 1.807) is 14.2 Å². The van der Waals surface area contributed by atoms with Gasteiger partial charge in [-0.2, -0.15) is 0 Å². The average molecular weight is 285 g/mol. The van der Waals surface area contributed by atoms with Crippen LogP contribution in [0.1, 0.15) is 11.1 Å². The Labute approximate surface area is 126 Å². The fourth-order valence-electron chi connectivity index (χ4n) is 2.60. The van der Waals surface area contributed by atoms with Crippen molar-refractivity contribution in [2.45, 2.75) is 12.8 Å². The van der Waals surface area contributed by atoms with Crippen molar-refractivity contribution in [2.75, 3.05) is 20.8 Å². The van der Waals surface area contributed by atoms with E-state index in [0.717, 1.165) is 24.3 Å². The molecule has 0 aliphatic carbocycles. The summed E-state index contributed by atoms with van der Waals surface area (Å²) in [5, 5.41) is 0. The number of para-hydroxylation sites is 2. The SMILES string of the molecule is COc1ccccc1CC(CN)Cc1ccccc1OC. The van der Waals surface area contributed by atoms with Gasteiger partial charge >= 0.3 is 0 Å². The number of ether oxygens (including phenoxy) is 2. The lowest BCUT2D eigenvalue weighted by molar-refractivity contribution is 0.397. The highest BCUT2D eigenvalue weighted by molar-refractivity contribution is 5.36. The second-order valence-electron chi connectivity index (χ2n) is 5.13. The zero-order valence-electron chi connectivity index (χ0n) is 12.7. The van der Waals surface area contributed by atoms with Gasteiger partial charge in [-0.25, -0.2) is 0 Å². The Morgan fingerprint density at radius 2 is 1.24 bits per heavy atom. The van der Waals surface area contributed by atoms with E-state index < -0.39 is 0 Å². The van der Waals surface area contributed by atoms with Gasteiger partial charge in [-0.1, -0.05) is 36.4 Å². The van der Waals surface area contributed by atoms with Gasteiger partial charge in [0.15, 0.2) is 0 Å². The molecule has 0 radical (unpaired) electrons. The topological polar surface area (TPSA) is 44.5 Å². The highest BCUT2D eigenvalue weighted by Gasteiger charge is 2.14. The molecular weight excluding hydrogens is 262 g/mol. The predicted octanol–water partition coefficient (Wildman–Crippen LogP) is 3.06. The van der Waals surface area contributed by atoms with Crippen LogP contribution in [0.2, 0.25) is 0 Å². The van der Waals surface area contributed by atoms with Crippen molar-refractivity contribution in [3.63, 3.8) is 0 Å². The highest BCUT2D eigenvalue weighted by Crippen LogP contribution is 2.25. The van der Waals surface area contributed by atoms with E-state index in [2.05, 4.69) is 12.1 Å². The number of hydrogen-bond acceptors (Lipinski definition) is 3. The molecule has 0 bridgehead atoms. The van der Waals surface area contributed by atoms with E-state index >= 15 is 0 Å². The minimum atomic E-state index is 0.359. The maximum atomic E-state index is 5.97. The molecule has 2 aromatic rings. The van der Waals surface area contributed by atoms with Gasteiger partial charge in [0.1, 0.15) is 11.5 Å². The van der Waals surface area contributed by atoms with E-state index in [1.165, 1.54) is 11.1 Å². The van der Waals surface area contributed by atoms with Crippen LogP contribution in [0.5, 0.6) is 11.5 Å². The molecule has 0 amide bonds. The summed E-state index contributed by atoms with van der Waals surface area (Å²) in [6.45, 7) is 0.635. The summed E-state index contributed by atoms with van der Waals surface area (Å²) >= 11 is 0. The summed E-state index contributed by atoms with van der Waals surface area (Å²) in [4.78, 5) is 0. The molecule has 112 valence electrons. The van der Waals surface area contributed by atoms with Crippen LogP contribution in [-0.4, -0.2) is 20.8 Å². The van der Waals surface area contributed by atoms with Gasteiger partial charge in [0.05, 0.1) is 14.2 Å². The van der Waals surface area contributed by atoms with Crippen LogP contribution in [-0.2, 0) is 12.8 Å². The standard InChI is InChI=1S/C18H23NO2/c1-20-17-9-5-3-7-15(17)11-14(13-19)12-16-8-4-6-10-18(16)21-2/h3-10,14H,11-13,19H2,1-2H3. The molecule has 21 heavy (non-hydrogen) atoms. The molecule has 0 fully saturated rings. The number of methoxy groups -OCH3 is 2. The zero-order chi connectivity index (χ0) is 15.1. The van der Waals surface area contributed by atoms with E-state index in [-0.39, 0.29) is 0 Å². The van der Waals surface area contributed by atoms with E-state index in [9.17, 15) is 0 Å². The van der Waals surface area contributed by atoms with Crippen molar-refractivity contribution in [3.8, 4) is 11.5 Å². The van der Waals surface area contributed by atoms with Crippen LogP contribution in [0.25, 0.3) is 0 Å². The van der Waals surface area contributed by atoms with Gasteiger partial charge < -0.3 is 15.2 Å². The molecule has 0 saturated carbocycles. The Bertz CT molecular complexity index is 519. The van der Waals surface area contributed by atoms with Gasteiger partial charge in [-0.3, -0.25) is 0 Å². The van der Waals surface area contributed by atoms with Crippen molar-refractivity contribution in [3.05, 3.63) is 59.7 Å². The minimum Gasteiger partial charge on any atom is -0.496 e. The molecule has 0 unspecified atom stereocenters. The molecule has 2 rings (SSSR count). The Hall–Kier alpha value is -2.00. The maximum absolute atomic E-state index is 5.97. The van der Waals surface area contributed by atoms with Crippen LogP contribution in [0, 0.1) is 5.92 Å². The van der Waals surface area contributed by atoms with E-state index in [1.807, 2.05) is 36.4 Å². The van der Waals surface area contributed by atoms with Crippen LogP contribution < -0.4 is 15.2 Å². The molecule has 3 nitrogen and oxygen atoms in total. The Morgan fingerprint density at radius 3 is 1.62 bits per heavy atom. The van der Waals surface area contributed by atoms with Crippen molar-refractivity contribution in [2.24, 2.45) is 11.7 Å². The van der Waals surface area contributed by atoms with Crippen LogP contribution in [0.3, 0.4) is 0 Å². The molecule has 3 heteroatoms. The Morgan fingerprint density at radius 1 is 0.810 bits per heavy atom. The van der Waals surface area contributed by atoms with E-state index in [4.69, 9.17) is 15.2 Å². The third kappa shape index (κ3) is 3.99. The lowest BCUT2D eigenvalue weighted by atomic mass is 9.92. The third-order valence-electron chi connectivity index (χ3n) is 3.74. The molecule has 2 aromatic carbocycles. The molecule has 0 saturated heterocycles. The number of nitrogens with two attached hydrogens (primary N) is 1. The highest BCUT2D eigenvalue weighted by atomic mass is 16.5. The van der Waals surface area contributed by atoms with Crippen molar-refractivity contribution in [1.29, 1.82) is 0 Å². The fourth-order valence-corrected chi connectivity index (χ4v) is 2.60. The predicted molar refractivity (Wildman–Crippen MR) is 85.9 cm³/mol. The maximum Gasteiger partial charge on any atom is 0.122 e. The monoisotopic (exact) mass is 285 g/mol. The lowest BCUT2D eigenvalue weighted by Gasteiger charge is -2.18. The second-order valence-corrected chi connectivity index (χ2v) is 5.13. The summed E-state index contributed by atoms with van der Waals surface area (Å²) in [7, 11) is 3.41. The number of rotatable bonds is 7. The molecule has 0 heterocycles. The Kier molecular flexibility index (Phi) is 5.64. The first kappa shape index (κ1) is 15.4. The largest absolute Gasteiger partial charge is 0.496 e. The summed E-state index contributed by atoms with van der Waals surface area (Å²) in [6.07, 6.45) is 1.80. The van der Waals surface area contributed by atoms with E-state index in [0.29, 0.717) is 12.5 Å². The first-order chi connectivity index (χ1) is 10.3. The summed E-state index contributed by atoms with van der Waals surface area (Å²) in [5.74, 6) is 2.21. The van der Waals surface area contributed by atoms with Gasteiger partial charge in [-0.15, -0.1) is 0 Å². The zero-order valence-corrected chi connectivity index (χ0v) is 12.7. The lowest BCUT2D eigenvalue weighted by Crippen LogP contribution is -2.20. The third-order valence-corrected chi connectivity index (χ3v) is 3.74. The molecular formula is C18H23NO2. The molecule has 0 aromatic heterocycles. The molecule has 2 N–H and O–H groups in total. The quantitative estimate of drug-likeness (QED) is 0.850. The second kappa shape index (κ2) is 7.70. The average Bonchev–Trinajstić information content (AvgIpc) is 2.55.